The molecule has 2 saturated heterocycles. The minimum atomic E-state index is -0.235. The lowest BCUT2D eigenvalue weighted by atomic mass is 10.1. The molecule has 2 amide bonds. The van der Waals surface area contributed by atoms with E-state index in [0.29, 0.717) is 30.7 Å². The maximum Gasteiger partial charge on any atom is 0.256 e. The quantitative estimate of drug-likeness (QED) is 0.784. The van der Waals surface area contributed by atoms with Crippen LogP contribution in [0.15, 0.2) is 18.2 Å². The van der Waals surface area contributed by atoms with Gasteiger partial charge in [0.25, 0.3) is 5.91 Å². The molecule has 2 aliphatic rings. The number of para-hydroxylation sites is 1. The van der Waals surface area contributed by atoms with Gasteiger partial charge in [0.05, 0.1) is 11.1 Å². The number of hydrogen-bond donors (Lipinski definition) is 2. The lowest BCUT2D eigenvalue weighted by Gasteiger charge is -2.43. The summed E-state index contributed by atoms with van der Waals surface area (Å²) in [5, 5.41) is 2.88. The lowest BCUT2D eigenvalue weighted by Crippen LogP contribution is -2.64. The summed E-state index contributed by atoms with van der Waals surface area (Å²) >= 11 is 0. The van der Waals surface area contributed by atoms with Gasteiger partial charge in [-0.3, -0.25) is 14.5 Å². The monoisotopic (exact) mass is 313 g/mol. The second kappa shape index (κ2) is 5.34. The first-order chi connectivity index (χ1) is 11.1. The van der Waals surface area contributed by atoms with Crippen molar-refractivity contribution in [1.29, 1.82) is 0 Å². The number of benzene rings is 1. The average molecular weight is 313 g/mol. The molecular formula is C16H19N5O2. The third kappa shape index (κ3) is 2.37. The Kier molecular flexibility index (Phi) is 3.30. The molecule has 0 saturated carbocycles. The van der Waals surface area contributed by atoms with Crippen molar-refractivity contribution in [3.05, 3.63) is 29.6 Å². The molecule has 1 atom stereocenters. The van der Waals surface area contributed by atoms with Crippen molar-refractivity contribution in [2.45, 2.75) is 13.0 Å². The largest absolute Gasteiger partial charge is 0.353 e. The van der Waals surface area contributed by atoms with E-state index < -0.39 is 0 Å². The van der Waals surface area contributed by atoms with Crippen LogP contribution in [0.2, 0.25) is 0 Å². The summed E-state index contributed by atoms with van der Waals surface area (Å²) in [4.78, 5) is 36.5. The van der Waals surface area contributed by atoms with E-state index in [1.165, 1.54) is 0 Å². The fourth-order valence-corrected chi connectivity index (χ4v) is 3.46. The molecule has 0 aliphatic carbocycles. The summed E-state index contributed by atoms with van der Waals surface area (Å²) < 4.78 is 0. The number of piperazine rings is 2. The summed E-state index contributed by atoms with van der Waals surface area (Å²) in [6, 6.07) is 5.34. The molecule has 3 heterocycles. The highest BCUT2D eigenvalue weighted by Gasteiger charge is 2.36. The predicted molar refractivity (Wildman–Crippen MR) is 85.1 cm³/mol. The van der Waals surface area contributed by atoms with Crippen molar-refractivity contribution in [1.82, 2.24) is 25.1 Å². The van der Waals surface area contributed by atoms with Crippen LogP contribution in [0.25, 0.3) is 11.0 Å². The Morgan fingerprint density at radius 1 is 1.30 bits per heavy atom. The van der Waals surface area contributed by atoms with E-state index in [4.69, 9.17) is 0 Å². The van der Waals surface area contributed by atoms with Crippen LogP contribution < -0.4 is 5.32 Å². The van der Waals surface area contributed by atoms with E-state index >= 15 is 0 Å². The van der Waals surface area contributed by atoms with Crippen LogP contribution in [0.3, 0.4) is 0 Å². The number of fused-ring (bicyclic) bond motifs is 2. The summed E-state index contributed by atoms with van der Waals surface area (Å²) in [6.07, 6.45) is 0. The van der Waals surface area contributed by atoms with Gasteiger partial charge in [0.2, 0.25) is 5.91 Å². The first kappa shape index (κ1) is 14.2. The SMILES string of the molecule is Cc1nc2c(C(=O)N3CCN4CCNC(=O)C4C3)cccc2[nH]1. The number of imidazole rings is 1. The zero-order valence-corrected chi connectivity index (χ0v) is 13.0. The van der Waals surface area contributed by atoms with Gasteiger partial charge in [-0.15, -0.1) is 0 Å². The smallest absolute Gasteiger partial charge is 0.256 e. The minimum Gasteiger partial charge on any atom is -0.353 e. The molecule has 0 bridgehead atoms. The minimum absolute atomic E-state index is 0.0163. The molecule has 2 N–H and O–H groups in total. The van der Waals surface area contributed by atoms with Crippen molar-refractivity contribution >= 4 is 22.8 Å². The molecular weight excluding hydrogens is 294 g/mol. The highest BCUT2D eigenvalue weighted by molar-refractivity contribution is 6.05. The van der Waals surface area contributed by atoms with Crippen molar-refractivity contribution in [2.24, 2.45) is 0 Å². The summed E-state index contributed by atoms with van der Waals surface area (Å²) in [5.41, 5.74) is 2.16. The number of aromatic amines is 1. The van der Waals surface area contributed by atoms with E-state index in [9.17, 15) is 9.59 Å². The number of aryl methyl sites for hydroxylation is 1. The zero-order valence-electron chi connectivity index (χ0n) is 13.0. The number of carbonyl (C=O) groups is 2. The van der Waals surface area contributed by atoms with Crippen molar-refractivity contribution in [2.75, 3.05) is 32.7 Å². The maximum atomic E-state index is 12.9. The van der Waals surface area contributed by atoms with E-state index in [1.54, 1.807) is 11.0 Å². The van der Waals surface area contributed by atoms with Gasteiger partial charge in [0.1, 0.15) is 17.4 Å². The van der Waals surface area contributed by atoms with Gasteiger partial charge in [-0.05, 0) is 19.1 Å². The third-order valence-corrected chi connectivity index (χ3v) is 4.64. The van der Waals surface area contributed by atoms with Gasteiger partial charge in [-0.25, -0.2) is 4.98 Å². The molecule has 1 aromatic heterocycles. The molecule has 0 spiro atoms. The van der Waals surface area contributed by atoms with Gasteiger partial charge in [-0.1, -0.05) is 6.07 Å². The topological polar surface area (TPSA) is 81.3 Å². The molecule has 2 aromatic rings. The number of hydrogen-bond acceptors (Lipinski definition) is 4. The standard InChI is InChI=1S/C16H19N5O2/c1-10-18-12-4-2-3-11(14(12)19-10)16(23)21-8-7-20-6-5-17-15(22)13(20)9-21/h2-4,13H,5-9H2,1H3,(H,17,22)(H,18,19). The van der Waals surface area contributed by atoms with Crippen molar-refractivity contribution < 1.29 is 9.59 Å². The summed E-state index contributed by atoms with van der Waals surface area (Å²) in [7, 11) is 0. The second-order valence-corrected chi connectivity index (χ2v) is 6.12. The van der Waals surface area contributed by atoms with Gasteiger partial charge < -0.3 is 15.2 Å². The van der Waals surface area contributed by atoms with Crippen LogP contribution in [-0.4, -0.2) is 70.3 Å². The molecule has 2 fully saturated rings. The number of H-pyrrole nitrogens is 1. The lowest BCUT2D eigenvalue weighted by molar-refractivity contribution is -0.131. The predicted octanol–water partition coefficient (Wildman–Crippen LogP) is 0.128. The molecule has 7 nitrogen and oxygen atoms in total. The van der Waals surface area contributed by atoms with Crippen molar-refractivity contribution in [3.63, 3.8) is 0 Å². The number of rotatable bonds is 1. The molecule has 23 heavy (non-hydrogen) atoms. The van der Waals surface area contributed by atoms with Crippen molar-refractivity contribution in [3.8, 4) is 0 Å². The summed E-state index contributed by atoms with van der Waals surface area (Å²) in [6.45, 7) is 5.23. The molecule has 7 heteroatoms. The van der Waals surface area contributed by atoms with Crippen LogP contribution >= 0.6 is 0 Å². The molecule has 120 valence electrons. The van der Waals surface area contributed by atoms with Gasteiger partial charge in [0, 0.05) is 32.7 Å². The Labute approximate surface area is 133 Å². The number of carbonyl (C=O) groups excluding carboxylic acids is 2. The van der Waals surface area contributed by atoms with Crippen LogP contribution in [0.1, 0.15) is 16.2 Å². The van der Waals surface area contributed by atoms with Crippen LogP contribution in [0, 0.1) is 6.92 Å². The first-order valence-corrected chi connectivity index (χ1v) is 7.90. The molecule has 2 aliphatic heterocycles. The molecule has 0 radical (unpaired) electrons. The maximum absolute atomic E-state index is 12.9. The fraction of sp³-hybridized carbons (Fsp3) is 0.438. The Bertz CT molecular complexity index is 784. The van der Waals surface area contributed by atoms with Crippen LogP contribution in [0.5, 0.6) is 0 Å². The second-order valence-electron chi connectivity index (χ2n) is 6.12. The van der Waals surface area contributed by atoms with Crippen LogP contribution in [0.4, 0.5) is 0 Å². The third-order valence-electron chi connectivity index (χ3n) is 4.64. The Morgan fingerprint density at radius 2 is 2.17 bits per heavy atom. The first-order valence-electron chi connectivity index (χ1n) is 7.90. The number of amides is 2. The van der Waals surface area contributed by atoms with Gasteiger partial charge in [-0.2, -0.15) is 0 Å². The van der Waals surface area contributed by atoms with Gasteiger partial charge >= 0.3 is 0 Å². The number of nitrogens with zero attached hydrogens (tertiary/aromatic N) is 3. The van der Waals surface area contributed by atoms with E-state index in [0.717, 1.165) is 24.4 Å². The Balaban J connectivity index is 1.62. The van der Waals surface area contributed by atoms with E-state index in [-0.39, 0.29) is 17.9 Å². The van der Waals surface area contributed by atoms with E-state index in [1.807, 2.05) is 19.1 Å². The van der Waals surface area contributed by atoms with Crippen LogP contribution in [-0.2, 0) is 4.79 Å². The number of aromatic nitrogens is 2. The Morgan fingerprint density at radius 3 is 3.04 bits per heavy atom. The van der Waals surface area contributed by atoms with E-state index in [2.05, 4.69) is 20.2 Å². The summed E-state index contributed by atoms with van der Waals surface area (Å²) in [5.74, 6) is 0.749. The molecule has 1 unspecified atom stereocenters. The zero-order chi connectivity index (χ0) is 16.0. The van der Waals surface area contributed by atoms with Gasteiger partial charge in [0.15, 0.2) is 0 Å². The highest BCUT2D eigenvalue weighted by atomic mass is 16.2. The molecule has 1 aromatic carbocycles. The fourth-order valence-electron chi connectivity index (χ4n) is 3.46. The number of nitrogens with one attached hydrogen (secondary N) is 2. The average Bonchev–Trinajstić information content (AvgIpc) is 2.94. The molecule has 4 rings (SSSR count). The normalized spacial score (nSPS) is 22.0. The highest BCUT2D eigenvalue weighted by Crippen LogP contribution is 2.20. The Hall–Kier alpha value is -2.41.